The van der Waals surface area contributed by atoms with Crippen LogP contribution in [0.25, 0.3) is 0 Å². The molecule has 9 heavy (non-hydrogen) atoms. The summed E-state index contributed by atoms with van der Waals surface area (Å²) in [5.41, 5.74) is 0. The van der Waals surface area contributed by atoms with E-state index >= 15 is 0 Å². The van der Waals surface area contributed by atoms with E-state index in [9.17, 15) is 0 Å². The Morgan fingerprint density at radius 2 is 1.89 bits per heavy atom. The summed E-state index contributed by atoms with van der Waals surface area (Å²) in [5, 5.41) is 3.25. The topological polar surface area (TPSA) is 12.0 Å². The highest BCUT2D eigenvalue weighted by Gasteiger charge is 1.89. The second-order valence-electron chi connectivity index (χ2n) is 2.56. The molecule has 1 heteroatoms. The maximum atomic E-state index is 3.25. The molecule has 0 aromatic heterocycles. The molecule has 0 radical (unpaired) electrons. The summed E-state index contributed by atoms with van der Waals surface area (Å²) in [4.78, 5) is 0. The first-order valence-corrected chi connectivity index (χ1v) is 3.88. The average molecular weight is 125 g/mol. The van der Waals surface area contributed by atoms with E-state index < -0.39 is 0 Å². The van der Waals surface area contributed by atoms with Gasteiger partial charge >= 0.3 is 0 Å². The van der Waals surface area contributed by atoms with Crippen LogP contribution in [0, 0.1) is 0 Å². The third kappa shape index (κ3) is 3.17. The van der Waals surface area contributed by atoms with Gasteiger partial charge < -0.3 is 5.32 Å². The first kappa shape index (κ1) is 6.66. The fourth-order valence-electron chi connectivity index (χ4n) is 1.09. The molecule has 0 saturated heterocycles. The molecule has 0 saturated carbocycles. The van der Waals surface area contributed by atoms with Crippen molar-refractivity contribution in [2.45, 2.75) is 32.1 Å². The van der Waals surface area contributed by atoms with E-state index in [-0.39, 0.29) is 0 Å². The first-order valence-electron chi connectivity index (χ1n) is 3.88. The molecule has 0 unspecified atom stereocenters. The molecule has 1 aliphatic rings. The van der Waals surface area contributed by atoms with Crippen molar-refractivity contribution in [1.29, 1.82) is 0 Å². The molecule has 52 valence electrons. The van der Waals surface area contributed by atoms with E-state index in [4.69, 9.17) is 0 Å². The van der Waals surface area contributed by atoms with E-state index in [1.54, 1.807) is 0 Å². The summed E-state index contributed by atoms with van der Waals surface area (Å²) in [7, 11) is 0. The molecule has 1 aliphatic heterocycles. The van der Waals surface area contributed by atoms with Gasteiger partial charge in [0.2, 0.25) is 0 Å². The molecule has 1 N–H and O–H groups in total. The lowest BCUT2D eigenvalue weighted by Crippen LogP contribution is -2.05. The second-order valence-corrected chi connectivity index (χ2v) is 2.56. The molecule has 0 atom stereocenters. The Morgan fingerprint density at radius 1 is 1.00 bits per heavy atom. The van der Waals surface area contributed by atoms with E-state index in [1.807, 2.05) is 0 Å². The molecule has 0 bridgehead atoms. The van der Waals surface area contributed by atoms with Crippen molar-refractivity contribution in [2.24, 2.45) is 0 Å². The van der Waals surface area contributed by atoms with Crippen LogP contribution in [-0.4, -0.2) is 6.54 Å². The van der Waals surface area contributed by atoms with Crippen LogP contribution in [0.15, 0.2) is 12.3 Å². The molecule has 0 fully saturated rings. The van der Waals surface area contributed by atoms with Crippen molar-refractivity contribution in [3.63, 3.8) is 0 Å². The molecule has 0 aliphatic carbocycles. The lowest BCUT2D eigenvalue weighted by atomic mass is 10.1. The molecule has 1 rings (SSSR count). The normalized spacial score (nSPS) is 24.9. The van der Waals surface area contributed by atoms with Gasteiger partial charge in [-0.3, -0.25) is 0 Å². The number of allylic oxidation sites excluding steroid dienone is 1. The van der Waals surface area contributed by atoms with Crippen molar-refractivity contribution < 1.29 is 0 Å². The standard InChI is InChI=1S/C8H15N/c1-2-4-6-8-9-7-5-3-1/h5,7,9H,1-4,6,8H2/b7-5+. The molecular formula is C8H15N. The maximum Gasteiger partial charge on any atom is 0.0141 e. The summed E-state index contributed by atoms with van der Waals surface area (Å²) in [6.45, 7) is 1.16. The second kappa shape index (κ2) is 4.42. The van der Waals surface area contributed by atoms with Crippen LogP contribution in [0.1, 0.15) is 32.1 Å². The summed E-state index contributed by atoms with van der Waals surface area (Å²) in [6, 6.07) is 0. The van der Waals surface area contributed by atoms with Gasteiger partial charge in [0.05, 0.1) is 0 Å². The fourth-order valence-corrected chi connectivity index (χ4v) is 1.09. The van der Waals surface area contributed by atoms with Crippen LogP contribution < -0.4 is 5.32 Å². The van der Waals surface area contributed by atoms with Gasteiger partial charge in [-0.2, -0.15) is 0 Å². The van der Waals surface area contributed by atoms with Crippen LogP contribution in [0.2, 0.25) is 0 Å². The highest BCUT2D eigenvalue weighted by atomic mass is 14.8. The summed E-state index contributed by atoms with van der Waals surface area (Å²) < 4.78 is 0. The predicted octanol–water partition coefficient (Wildman–Crippen LogP) is 2.05. The number of nitrogens with one attached hydrogen (secondary N) is 1. The van der Waals surface area contributed by atoms with Crippen LogP contribution in [0.4, 0.5) is 0 Å². The summed E-state index contributed by atoms with van der Waals surface area (Å²) >= 11 is 0. The Balaban J connectivity index is 2.15. The van der Waals surface area contributed by atoms with Crippen molar-refractivity contribution >= 4 is 0 Å². The van der Waals surface area contributed by atoms with E-state index in [0.717, 1.165) is 6.54 Å². The number of hydrogen-bond donors (Lipinski definition) is 1. The monoisotopic (exact) mass is 125 g/mol. The zero-order chi connectivity index (χ0) is 6.36. The fraction of sp³-hybridized carbons (Fsp3) is 0.750. The van der Waals surface area contributed by atoms with Gasteiger partial charge in [-0.15, -0.1) is 0 Å². The minimum Gasteiger partial charge on any atom is -0.391 e. The number of rotatable bonds is 0. The molecule has 1 nitrogen and oxygen atoms in total. The predicted molar refractivity (Wildman–Crippen MR) is 40.2 cm³/mol. The summed E-state index contributed by atoms with van der Waals surface area (Å²) in [5.74, 6) is 0. The lowest BCUT2D eigenvalue weighted by Gasteiger charge is -1.96. The third-order valence-electron chi connectivity index (χ3n) is 1.68. The Hall–Kier alpha value is -0.460. The molecule has 0 aromatic carbocycles. The summed E-state index contributed by atoms with van der Waals surface area (Å²) in [6.07, 6.45) is 11.1. The molecule has 0 aromatic rings. The van der Waals surface area contributed by atoms with Crippen molar-refractivity contribution in [2.75, 3.05) is 6.54 Å². The van der Waals surface area contributed by atoms with Gasteiger partial charge in [0, 0.05) is 6.54 Å². The molecule has 0 amide bonds. The van der Waals surface area contributed by atoms with E-state index in [2.05, 4.69) is 17.6 Å². The van der Waals surface area contributed by atoms with Gasteiger partial charge in [0.15, 0.2) is 0 Å². The quantitative estimate of drug-likeness (QED) is 0.522. The van der Waals surface area contributed by atoms with Crippen LogP contribution >= 0.6 is 0 Å². The van der Waals surface area contributed by atoms with Crippen molar-refractivity contribution in [3.8, 4) is 0 Å². The highest BCUT2D eigenvalue weighted by molar-refractivity contribution is 4.80. The third-order valence-corrected chi connectivity index (χ3v) is 1.68. The van der Waals surface area contributed by atoms with Gasteiger partial charge in [-0.1, -0.05) is 18.9 Å². The Bertz CT molecular complexity index is 76.6. The number of hydrogen-bond acceptors (Lipinski definition) is 1. The highest BCUT2D eigenvalue weighted by Crippen LogP contribution is 2.04. The Labute approximate surface area is 57.1 Å². The van der Waals surface area contributed by atoms with E-state index in [0.29, 0.717) is 0 Å². The van der Waals surface area contributed by atoms with Crippen molar-refractivity contribution in [3.05, 3.63) is 12.3 Å². The molecule has 1 heterocycles. The zero-order valence-corrected chi connectivity index (χ0v) is 5.90. The minimum atomic E-state index is 1.16. The van der Waals surface area contributed by atoms with E-state index in [1.165, 1.54) is 32.1 Å². The largest absolute Gasteiger partial charge is 0.391 e. The molecule has 0 spiro atoms. The average Bonchev–Trinajstić information content (AvgIpc) is 2.00. The maximum absolute atomic E-state index is 3.25. The molecular weight excluding hydrogens is 110 g/mol. The van der Waals surface area contributed by atoms with Gasteiger partial charge in [-0.05, 0) is 25.5 Å². The van der Waals surface area contributed by atoms with Crippen LogP contribution in [-0.2, 0) is 0 Å². The van der Waals surface area contributed by atoms with Gasteiger partial charge in [0.1, 0.15) is 0 Å². The SMILES string of the molecule is C1=C/NCCCCCC/1. The lowest BCUT2D eigenvalue weighted by molar-refractivity contribution is 0.642. The van der Waals surface area contributed by atoms with Crippen LogP contribution in [0.3, 0.4) is 0 Å². The van der Waals surface area contributed by atoms with Crippen molar-refractivity contribution in [1.82, 2.24) is 5.32 Å². The Morgan fingerprint density at radius 3 is 2.89 bits per heavy atom. The minimum absolute atomic E-state index is 1.16. The van der Waals surface area contributed by atoms with Gasteiger partial charge in [0.25, 0.3) is 0 Å². The zero-order valence-electron chi connectivity index (χ0n) is 5.90. The smallest absolute Gasteiger partial charge is 0.0141 e. The van der Waals surface area contributed by atoms with Gasteiger partial charge in [-0.25, -0.2) is 0 Å². The van der Waals surface area contributed by atoms with Crippen LogP contribution in [0.5, 0.6) is 0 Å². The first-order chi connectivity index (χ1) is 4.50. The Kier molecular flexibility index (Phi) is 3.27.